The lowest BCUT2D eigenvalue weighted by molar-refractivity contribution is 0.477. The molecule has 0 radical (unpaired) electrons. The largest absolute Gasteiger partial charge is 0.313 e. The minimum absolute atomic E-state index is 0.705. The standard InChI is InChI=1S/C11H21NS/c1-4-7-11(6-3)12-8-10-13-9-5-2/h2,11-12H,4,6-10H2,1,3H3. The molecule has 1 nitrogen and oxygen atoms in total. The van der Waals surface area contributed by atoms with Crippen LogP contribution < -0.4 is 5.32 Å². The molecular formula is C11H21NS. The molecule has 0 spiro atoms. The summed E-state index contributed by atoms with van der Waals surface area (Å²) in [5.41, 5.74) is 0. The number of terminal acetylenes is 1. The van der Waals surface area contributed by atoms with E-state index < -0.39 is 0 Å². The van der Waals surface area contributed by atoms with Gasteiger partial charge in [0.15, 0.2) is 0 Å². The predicted molar refractivity (Wildman–Crippen MR) is 63.1 cm³/mol. The van der Waals surface area contributed by atoms with Gasteiger partial charge in [-0.2, -0.15) is 0 Å². The molecule has 2 heteroatoms. The van der Waals surface area contributed by atoms with Gasteiger partial charge in [-0.15, -0.1) is 18.2 Å². The van der Waals surface area contributed by atoms with Crippen molar-refractivity contribution in [3.8, 4) is 12.3 Å². The molecule has 1 unspecified atom stereocenters. The van der Waals surface area contributed by atoms with Crippen molar-refractivity contribution >= 4 is 11.8 Å². The lowest BCUT2D eigenvalue weighted by Gasteiger charge is -2.15. The normalized spacial score (nSPS) is 12.4. The Bertz CT molecular complexity index is 140. The van der Waals surface area contributed by atoms with Crippen molar-refractivity contribution in [1.82, 2.24) is 5.32 Å². The molecule has 0 heterocycles. The second-order valence-electron chi connectivity index (χ2n) is 3.10. The van der Waals surface area contributed by atoms with Gasteiger partial charge in [0.25, 0.3) is 0 Å². The molecule has 1 atom stereocenters. The molecule has 0 aliphatic carbocycles. The first-order valence-electron chi connectivity index (χ1n) is 5.09. The molecular weight excluding hydrogens is 178 g/mol. The Hall–Kier alpha value is -0.130. The second kappa shape index (κ2) is 9.95. The third kappa shape index (κ3) is 8.21. The fourth-order valence-corrected chi connectivity index (χ4v) is 1.79. The van der Waals surface area contributed by atoms with Gasteiger partial charge in [0.1, 0.15) is 0 Å². The molecule has 0 saturated heterocycles. The van der Waals surface area contributed by atoms with E-state index in [0.29, 0.717) is 6.04 Å². The molecule has 0 aromatic heterocycles. The van der Waals surface area contributed by atoms with Crippen LogP contribution in [0.5, 0.6) is 0 Å². The fourth-order valence-electron chi connectivity index (χ4n) is 1.27. The predicted octanol–water partition coefficient (Wildman–Crippen LogP) is 2.52. The lowest BCUT2D eigenvalue weighted by Crippen LogP contribution is -2.30. The highest BCUT2D eigenvalue weighted by Gasteiger charge is 2.02. The topological polar surface area (TPSA) is 12.0 Å². The van der Waals surface area contributed by atoms with E-state index in [1.807, 2.05) is 11.8 Å². The maximum atomic E-state index is 5.15. The monoisotopic (exact) mass is 199 g/mol. The number of nitrogens with one attached hydrogen (secondary N) is 1. The average molecular weight is 199 g/mol. The van der Waals surface area contributed by atoms with Crippen molar-refractivity contribution in [2.45, 2.75) is 39.2 Å². The Morgan fingerprint density at radius 3 is 2.77 bits per heavy atom. The van der Waals surface area contributed by atoms with Gasteiger partial charge >= 0.3 is 0 Å². The summed E-state index contributed by atoms with van der Waals surface area (Å²) in [6, 6.07) is 0.705. The SMILES string of the molecule is C#CCSCCNC(CC)CCC. The van der Waals surface area contributed by atoms with Crippen molar-refractivity contribution in [3.05, 3.63) is 0 Å². The van der Waals surface area contributed by atoms with Crippen LogP contribution in [-0.4, -0.2) is 24.1 Å². The Balaban J connectivity index is 3.23. The first-order chi connectivity index (χ1) is 6.35. The Morgan fingerprint density at radius 1 is 1.46 bits per heavy atom. The highest BCUT2D eigenvalue weighted by atomic mass is 32.2. The van der Waals surface area contributed by atoms with Crippen LogP contribution in [-0.2, 0) is 0 Å². The fraction of sp³-hybridized carbons (Fsp3) is 0.818. The first kappa shape index (κ1) is 12.9. The first-order valence-corrected chi connectivity index (χ1v) is 6.25. The van der Waals surface area contributed by atoms with E-state index in [9.17, 15) is 0 Å². The summed E-state index contributed by atoms with van der Waals surface area (Å²) in [6.07, 6.45) is 8.94. The summed E-state index contributed by atoms with van der Waals surface area (Å²) < 4.78 is 0. The van der Waals surface area contributed by atoms with Crippen molar-refractivity contribution in [2.75, 3.05) is 18.1 Å². The third-order valence-corrected chi connectivity index (χ3v) is 2.86. The summed E-state index contributed by atoms with van der Waals surface area (Å²) in [6.45, 7) is 5.56. The molecule has 0 amide bonds. The highest BCUT2D eigenvalue weighted by molar-refractivity contribution is 7.99. The molecule has 0 rings (SSSR count). The van der Waals surface area contributed by atoms with Crippen molar-refractivity contribution in [1.29, 1.82) is 0 Å². The Morgan fingerprint density at radius 2 is 2.23 bits per heavy atom. The average Bonchev–Trinajstić information content (AvgIpc) is 2.16. The molecule has 0 saturated carbocycles. The van der Waals surface area contributed by atoms with E-state index in [0.717, 1.165) is 18.1 Å². The van der Waals surface area contributed by atoms with Gasteiger partial charge in [0, 0.05) is 18.3 Å². The molecule has 0 aromatic carbocycles. The quantitative estimate of drug-likeness (QED) is 0.476. The summed E-state index contributed by atoms with van der Waals surface area (Å²) in [7, 11) is 0. The van der Waals surface area contributed by atoms with E-state index in [4.69, 9.17) is 6.42 Å². The van der Waals surface area contributed by atoms with Gasteiger partial charge in [0.05, 0.1) is 5.75 Å². The summed E-state index contributed by atoms with van der Waals surface area (Å²) in [5, 5.41) is 3.54. The van der Waals surface area contributed by atoms with Crippen LogP contribution in [0.25, 0.3) is 0 Å². The van der Waals surface area contributed by atoms with Gasteiger partial charge in [-0.1, -0.05) is 26.2 Å². The summed E-state index contributed by atoms with van der Waals surface area (Å²) in [4.78, 5) is 0. The van der Waals surface area contributed by atoms with E-state index in [2.05, 4.69) is 25.1 Å². The molecule has 0 fully saturated rings. The highest BCUT2D eigenvalue weighted by Crippen LogP contribution is 2.01. The number of rotatable bonds is 8. The van der Waals surface area contributed by atoms with Crippen molar-refractivity contribution < 1.29 is 0 Å². The molecule has 0 aliphatic heterocycles. The summed E-state index contributed by atoms with van der Waals surface area (Å²) in [5.74, 6) is 4.60. The maximum Gasteiger partial charge on any atom is 0.0545 e. The Labute approximate surface area is 87.1 Å². The van der Waals surface area contributed by atoms with Crippen LogP contribution >= 0.6 is 11.8 Å². The number of thioether (sulfide) groups is 1. The molecule has 1 N–H and O–H groups in total. The molecule has 0 aromatic rings. The van der Waals surface area contributed by atoms with Gasteiger partial charge in [-0.25, -0.2) is 0 Å². The second-order valence-corrected chi connectivity index (χ2v) is 4.21. The van der Waals surface area contributed by atoms with Gasteiger partial charge in [-0.3, -0.25) is 0 Å². The van der Waals surface area contributed by atoms with Crippen LogP contribution in [0.2, 0.25) is 0 Å². The zero-order chi connectivity index (χ0) is 9.94. The van der Waals surface area contributed by atoms with Crippen LogP contribution in [0.1, 0.15) is 33.1 Å². The molecule has 13 heavy (non-hydrogen) atoms. The van der Waals surface area contributed by atoms with Gasteiger partial charge in [0.2, 0.25) is 0 Å². The lowest BCUT2D eigenvalue weighted by atomic mass is 10.1. The van der Waals surface area contributed by atoms with E-state index in [1.165, 1.54) is 19.3 Å². The van der Waals surface area contributed by atoms with Crippen LogP contribution in [0.4, 0.5) is 0 Å². The minimum Gasteiger partial charge on any atom is -0.313 e. The van der Waals surface area contributed by atoms with E-state index in [-0.39, 0.29) is 0 Å². The van der Waals surface area contributed by atoms with Crippen LogP contribution in [0.15, 0.2) is 0 Å². The van der Waals surface area contributed by atoms with Gasteiger partial charge < -0.3 is 5.32 Å². The zero-order valence-electron chi connectivity index (χ0n) is 8.81. The van der Waals surface area contributed by atoms with E-state index in [1.54, 1.807) is 0 Å². The smallest absolute Gasteiger partial charge is 0.0545 e. The van der Waals surface area contributed by atoms with Crippen molar-refractivity contribution in [3.63, 3.8) is 0 Å². The zero-order valence-corrected chi connectivity index (χ0v) is 9.62. The number of hydrogen-bond donors (Lipinski definition) is 1. The number of hydrogen-bond acceptors (Lipinski definition) is 2. The van der Waals surface area contributed by atoms with Gasteiger partial charge in [-0.05, 0) is 12.8 Å². The molecule has 76 valence electrons. The third-order valence-electron chi connectivity index (χ3n) is 1.99. The minimum atomic E-state index is 0.705. The maximum absolute atomic E-state index is 5.15. The van der Waals surface area contributed by atoms with Crippen molar-refractivity contribution in [2.24, 2.45) is 0 Å². The molecule has 0 bridgehead atoms. The Kier molecular flexibility index (Phi) is 9.85. The van der Waals surface area contributed by atoms with E-state index >= 15 is 0 Å². The van der Waals surface area contributed by atoms with Crippen LogP contribution in [0, 0.1) is 12.3 Å². The summed E-state index contributed by atoms with van der Waals surface area (Å²) >= 11 is 1.83. The molecule has 0 aliphatic rings. The van der Waals surface area contributed by atoms with Crippen LogP contribution in [0.3, 0.4) is 0 Å².